The van der Waals surface area contributed by atoms with Crippen molar-refractivity contribution in [3.63, 3.8) is 0 Å². The van der Waals surface area contributed by atoms with E-state index >= 15 is 0 Å². The maximum absolute atomic E-state index is 9.99. The van der Waals surface area contributed by atoms with Crippen LogP contribution >= 0.6 is 0 Å². The second-order valence-corrected chi connectivity index (χ2v) is 5.62. The minimum Gasteiger partial charge on any atom is -0.391 e. The van der Waals surface area contributed by atoms with Crippen LogP contribution < -0.4 is 5.32 Å². The van der Waals surface area contributed by atoms with Crippen molar-refractivity contribution in [2.45, 2.75) is 26.9 Å². The maximum Gasteiger partial charge on any atom is 0.223 e. The van der Waals surface area contributed by atoms with Crippen LogP contribution in [0.3, 0.4) is 0 Å². The molecular formula is C14H19N5O. The Morgan fingerprint density at radius 3 is 2.60 bits per heavy atom. The molecule has 20 heavy (non-hydrogen) atoms. The van der Waals surface area contributed by atoms with Crippen LogP contribution in [-0.4, -0.2) is 37.7 Å². The van der Waals surface area contributed by atoms with E-state index in [-0.39, 0.29) is 5.41 Å². The number of nitrogens with one attached hydrogen (secondary N) is 1. The fraction of sp³-hybridized carbons (Fsp3) is 0.429. The van der Waals surface area contributed by atoms with E-state index in [9.17, 15) is 5.11 Å². The average molecular weight is 273 g/mol. The molecule has 0 amide bonds. The van der Waals surface area contributed by atoms with Crippen molar-refractivity contribution in [3.05, 3.63) is 30.9 Å². The summed E-state index contributed by atoms with van der Waals surface area (Å²) >= 11 is 0. The third kappa shape index (κ3) is 3.71. The van der Waals surface area contributed by atoms with E-state index in [1.807, 2.05) is 20.8 Å². The molecule has 0 spiro atoms. The highest BCUT2D eigenvalue weighted by Crippen LogP contribution is 2.19. The summed E-state index contributed by atoms with van der Waals surface area (Å²) in [5.41, 5.74) is 1.20. The Hall–Kier alpha value is -2.08. The Bertz CT molecular complexity index is 553. The number of aliphatic hydroxyl groups excluding tert-OH is 1. The lowest BCUT2D eigenvalue weighted by molar-refractivity contribution is 0.0744. The topological polar surface area (TPSA) is 83.8 Å². The largest absolute Gasteiger partial charge is 0.391 e. The molecule has 0 radical (unpaired) electrons. The monoisotopic (exact) mass is 273 g/mol. The van der Waals surface area contributed by atoms with Crippen LogP contribution in [0.5, 0.6) is 0 Å². The van der Waals surface area contributed by atoms with Crippen LogP contribution in [0.1, 0.15) is 20.8 Å². The standard InChI is InChI=1S/C14H19N5O/c1-14(2,3)12(20)9-18-13-17-5-4-10(19-13)11-8-15-6-7-16-11/h4-8,12,20H,9H2,1-3H3,(H,17,18,19). The normalized spacial score (nSPS) is 13.0. The number of rotatable bonds is 4. The minimum absolute atomic E-state index is 0.185. The van der Waals surface area contributed by atoms with Gasteiger partial charge in [0, 0.05) is 25.1 Å². The van der Waals surface area contributed by atoms with Gasteiger partial charge in [0.05, 0.1) is 18.0 Å². The van der Waals surface area contributed by atoms with E-state index < -0.39 is 6.10 Å². The summed E-state index contributed by atoms with van der Waals surface area (Å²) in [6.45, 7) is 6.34. The molecule has 106 valence electrons. The minimum atomic E-state index is -0.480. The van der Waals surface area contributed by atoms with Gasteiger partial charge in [0.2, 0.25) is 5.95 Å². The van der Waals surface area contributed by atoms with Gasteiger partial charge in [-0.15, -0.1) is 0 Å². The van der Waals surface area contributed by atoms with Crippen molar-refractivity contribution in [1.82, 2.24) is 19.9 Å². The van der Waals surface area contributed by atoms with Crippen molar-refractivity contribution in [2.75, 3.05) is 11.9 Å². The van der Waals surface area contributed by atoms with Crippen molar-refractivity contribution in [1.29, 1.82) is 0 Å². The molecule has 2 aromatic rings. The molecule has 1 atom stereocenters. The highest BCUT2D eigenvalue weighted by Gasteiger charge is 2.21. The molecule has 6 nitrogen and oxygen atoms in total. The average Bonchev–Trinajstić information content (AvgIpc) is 2.45. The number of aliphatic hydroxyl groups is 1. The van der Waals surface area contributed by atoms with Gasteiger partial charge >= 0.3 is 0 Å². The summed E-state index contributed by atoms with van der Waals surface area (Å²) in [4.78, 5) is 16.7. The summed E-state index contributed by atoms with van der Waals surface area (Å²) in [5.74, 6) is 0.469. The molecule has 2 N–H and O–H groups in total. The molecule has 0 aliphatic heterocycles. The number of anilines is 1. The SMILES string of the molecule is CC(C)(C)C(O)CNc1nccc(-c2cnccn2)n1. The summed E-state index contributed by atoms with van der Waals surface area (Å²) in [6, 6.07) is 1.77. The first-order valence-corrected chi connectivity index (χ1v) is 6.48. The van der Waals surface area contributed by atoms with Gasteiger partial charge in [-0.25, -0.2) is 9.97 Å². The lowest BCUT2D eigenvalue weighted by Crippen LogP contribution is -2.33. The van der Waals surface area contributed by atoms with E-state index in [1.165, 1.54) is 0 Å². The second-order valence-electron chi connectivity index (χ2n) is 5.62. The van der Waals surface area contributed by atoms with Gasteiger partial charge < -0.3 is 10.4 Å². The van der Waals surface area contributed by atoms with E-state index in [4.69, 9.17) is 0 Å². The Balaban J connectivity index is 2.08. The zero-order chi connectivity index (χ0) is 14.6. The number of aromatic nitrogens is 4. The Kier molecular flexibility index (Phi) is 4.24. The summed E-state index contributed by atoms with van der Waals surface area (Å²) in [7, 11) is 0. The van der Waals surface area contributed by atoms with Crippen LogP contribution in [0, 0.1) is 5.41 Å². The van der Waals surface area contributed by atoms with Crippen molar-refractivity contribution in [2.24, 2.45) is 5.41 Å². The summed E-state index contributed by atoms with van der Waals surface area (Å²) in [6.07, 6.45) is 6.06. The van der Waals surface area contributed by atoms with Crippen molar-refractivity contribution < 1.29 is 5.11 Å². The molecule has 0 saturated heterocycles. The van der Waals surface area contributed by atoms with Crippen molar-refractivity contribution >= 4 is 5.95 Å². The van der Waals surface area contributed by atoms with Gasteiger partial charge in [0.1, 0.15) is 5.69 Å². The number of hydrogen-bond acceptors (Lipinski definition) is 6. The van der Waals surface area contributed by atoms with E-state index in [0.717, 1.165) is 0 Å². The lowest BCUT2D eigenvalue weighted by Gasteiger charge is -2.25. The van der Waals surface area contributed by atoms with Gasteiger partial charge in [-0.05, 0) is 11.5 Å². The number of hydrogen-bond donors (Lipinski definition) is 2. The quantitative estimate of drug-likeness (QED) is 0.883. The Morgan fingerprint density at radius 1 is 1.15 bits per heavy atom. The predicted molar refractivity (Wildman–Crippen MR) is 77.0 cm³/mol. The zero-order valence-corrected chi connectivity index (χ0v) is 11.9. The first-order valence-electron chi connectivity index (χ1n) is 6.48. The van der Waals surface area contributed by atoms with Crippen LogP contribution in [0.15, 0.2) is 30.9 Å². The zero-order valence-electron chi connectivity index (χ0n) is 11.9. The van der Waals surface area contributed by atoms with Gasteiger partial charge in [-0.1, -0.05) is 20.8 Å². The smallest absolute Gasteiger partial charge is 0.223 e. The molecular weight excluding hydrogens is 254 g/mol. The van der Waals surface area contributed by atoms with E-state index in [2.05, 4.69) is 25.3 Å². The van der Waals surface area contributed by atoms with Crippen LogP contribution in [-0.2, 0) is 0 Å². The second kappa shape index (κ2) is 5.92. The molecule has 6 heteroatoms. The van der Waals surface area contributed by atoms with Crippen LogP contribution in [0.2, 0.25) is 0 Å². The van der Waals surface area contributed by atoms with Crippen LogP contribution in [0.25, 0.3) is 11.4 Å². The maximum atomic E-state index is 9.99. The van der Waals surface area contributed by atoms with E-state index in [0.29, 0.717) is 23.9 Å². The molecule has 0 aliphatic rings. The molecule has 1 unspecified atom stereocenters. The number of nitrogens with zero attached hydrogens (tertiary/aromatic N) is 4. The third-order valence-corrected chi connectivity index (χ3v) is 2.93. The Labute approximate surface area is 118 Å². The molecule has 2 heterocycles. The Morgan fingerprint density at radius 2 is 1.95 bits per heavy atom. The summed E-state index contributed by atoms with van der Waals surface area (Å²) in [5, 5.41) is 13.0. The molecule has 0 aromatic carbocycles. The third-order valence-electron chi connectivity index (χ3n) is 2.93. The highest BCUT2D eigenvalue weighted by atomic mass is 16.3. The van der Waals surface area contributed by atoms with Gasteiger partial charge in [0.15, 0.2) is 0 Å². The molecule has 0 fully saturated rings. The fourth-order valence-corrected chi connectivity index (χ4v) is 1.51. The molecule has 0 bridgehead atoms. The predicted octanol–water partition coefficient (Wildman–Crippen LogP) is 1.75. The molecule has 2 aromatic heterocycles. The van der Waals surface area contributed by atoms with E-state index in [1.54, 1.807) is 30.9 Å². The molecule has 2 rings (SSSR count). The highest BCUT2D eigenvalue weighted by molar-refractivity contribution is 5.53. The van der Waals surface area contributed by atoms with Gasteiger partial charge in [-0.3, -0.25) is 9.97 Å². The van der Waals surface area contributed by atoms with Gasteiger partial charge in [0.25, 0.3) is 0 Å². The van der Waals surface area contributed by atoms with Gasteiger partial charge in [-0.2, -0.15) is 0 Å². The molecule has 0 saturated carbocycles. The van der Waals surface area contributed by atoms with Crippen molar-refractivity contribution in [3.8, 4) is 11.4 Å². The van der Waals surface area contributed by atoms with Crippen LogP contribution in [0.4, 0.5) is 5.95 Å². The fourth-order valence-electron chi connectivity index (χ4n) is 1.51. The lowest BCUT2D eigenvalue weighted by atomic mass is 9.89. The first-order chi connectivity index (χ1) is 9.47. The first kappa shape index (κ1) is 14.3. The molecule has 0 aliphatic carbocycles. The summed E-state index contributed by atoms with van der Waals surface area (Å²) < 4.78 is 0.